The Kier molecular flexibility index (Phi) is 4.77. The standard InChI is InChI=1S/C15H20FN3O2/c1-10-7-15(21)19(9-10)6-2-3-14(20)18-13-5-4-11(16)8-12(13)17/h4-5,8,10H,2-3,6-7,9,17H2,1H3,(H,18,20). The van der Waals surface area contributed by atoms with Crippen molar-refractivity contribution in [3.8, 4) is 0 Å². The summed E-state index contributed by atoms with van der Waals surface area (Å²) in [5.74, 6) is -0.0730. The molecule has 0 aliphatic carbocycles. The van der Waals surface area contributed by atoms with Gasteiger partial charge in [-0.2, -0.15) is 0 Å². The SMILES string of the molecule is CC1CC(=O)N(CCCC(=O)Nc2ccc(F)cc2N)C1. The molecule has 2 amide bonds. The first-order chi connectivity index (χ1) is 9.95. The van der Waals surface area contributed by atoms with Crippen LogP contribution in [0.4, 0.5) is 15.8 Å². The first-order valence-electron chi connectivity index (χ1n) is 7.08. The molecule has 6 heteroatoms. The molecule has 0 radical (unpaired) electrons. The molecule has 0 aromatic heterocycles. The Balaban J connectivity index is 1.76. The van der Waals surface area contributed by atoms with Crippen LogP contribution in [0.25, 0.3) is 0 Å². The molecule has 1 aliphatic heterocycles. The lowest BCUT2D eigenvalue weighted by atomic mass is 10.2. The topological polar surface area (TPSA) is 75.4 Å². The molecule has 0 bridgehead atoms. The van der Waals surface area contributed by atoms with Crippen molar-refractivity contribution in [3.05, 3.63) is 24.0 Å². The highest BCUT2D eigenvalue weighted by molar-refractivity contribution is 5.93. The molecule has 114 valence electrons. The number of nitrogens with one attached hydrogen (secondary N) is 1. The second-order valence-electron chi connectivity index (χ2n) is 5.53. The summed E-state index contributed by atoms with van der Waals surface area (Å²) in [6.45, 7) is 3.41. The third-order valence-corrected chi connectivity index (χ3v) is 3.53. The molecule has 0 saturated carbocycles. The average molecular weight is 293 g/mol. The van der Waals surface area contributed by atoms with Crippen LogP contribution < -0.4 is 11.1 Å². The molecule has 1 unspecified atom stereocenters. The predicted octanol–water partition coefficient (Wildman–Crippen LogP) is 1.99. The number of nitrogen functional groups attached to an aromatic ring is 1. The number of carbonyl (C=O) groups is 2. The van der Waals surface area contributed by atoms with E-state index in [4.69, 9.17) is 5.73 Å². The van der Waals surface area contributed by atoms with Crippen LogP contribution in [-0.2, 0) is 9.59 Å². The second kappa shape index (κ2) is 6.56. The van der Waals surface area contributed by atoms with Crippen molar-refractivity contribution in [2.45, 2.75) is 26.2 Å². The van der Waals surface area contributed by atoms with Crippen LogP contribution in [0.5, 0.6) is 0 Å². The number of hydrogen-bond acceptors (Lipinski definition) is 3. The Morgan fingerprint density at radius 1 is 1.52 bits per heavy atom. The third-order valence-electron chi connectivity index (χ3n) is 3.53. The molecule has 3 N–H and O–H groups in total. The monoisotopic (exact) mass is 293 g/mol. The predicted molar refractivity (Wildman–Crippen MR) is 79.0 cm³/mol. The first-order valence-corrected chi connectivity index (χ1v) is 7.08. The molecule has 1 fully saturated rings. The molecule has 5 nitrogen and oxygen atoms in total. The number of nitrogens with two attached hydrogens (primary N) is 1. The summed E-state index contributed by atoms with van der Waals surface area (Å²) < 4.78 is 12.9. The summed E-state index contributed by atoms with van der Waals surface area (Å²) in [5, 5.41) is 2.65. The van der Waals surface area contributed by atoms with Crippen molar-refractivity contribution in [1.82, 2.24) is 4.90 Å². The number of halogens is 1. The number of amides is 2. The number of anilines is 2. The summed E-state index contributed by atoms with van der Waals surface area (Å²) in [4.78, 5) is 25.2. The van der Waals surface area contributed by atoms with Crippen LogP contribution in [0.2, 0.25) is 0 Å². The van der Waals surface area contributed by atoms with Gasteiger partial charge >= 0.3 is 0 Å². The van der Waals surface area contributed by atoms with Gasteiger partial charge in [0.25, 0.3) is 0 Å². The van der Waals surface area contributed by atoms with E-state index in [2.05, 4.69) is 5.32 Å². The normalized spacial score (nSPS) is 18.1. The zero-order valence-electron chi connectivity index (χ0n) is 12.1. The lowest BCUT2D eigenvalue weighted by molar-refractivity contribution is -0.128. The van der Waals surface area contributed by atoms with E-state index in [9.17, 15) is 14.0 Å². The van der Waals surface area contributed by atoms with Gasteiger partial charge in [-0.05, 0) is 30.5 Å². The minimum absolute atomic E-state index is 0.158. The fourth-order valence-corrected chi connectivity index (χ4v) is 2.48. The minimum Gasteiger partial charge on any atom is -0.397 e. The van der Waals surface area contributed by atoms with Gasteiger partial charge in [-0.15, -0.1) is 0 Å². The van der Waals surface area contributed by atoms with Crippen LogP contribution in [0.3, 0.4) is 0 Å². The van der Waals surface area contributed by atoms with Gasteiger partial charge in [0.05, 0.1) is 11.4 Å². The summed E-state index contributed by atoms with van der Waals surface area (Å²) in [6.07, 6.45) is 1.50. The quantitative estimate of drug-likeness (QED) is 0.815. The van der Waals surface area contributed by atoms with Gasteiger partial charge in [-0.25, -0.2) is 4.39 Å². The minimum atomic E-state index is -0.438. The Morgan fingerprint density at radius 3 is 2.90 bits per heavy atom. The lowest BCUT2D eigenvalue weighted by Gasteiger charge is -2.15. The molecule has 1 aliphatic rings. The van der Waals surface area contributed by atoms with Crippen molar-refractivity contribution in [3.63, 3.8) is 0 Å². The number of nitrogens with zero attached hydrogens (tertiary/aromatic N) is 1. The maximum absolute atomic E-state index is 12.9. The molecule has 1 aromatic rings. The fourth-order valence-electron chi connectivity index (χ4n) is 2.48. The van der Waals surface area contributed by atoms with E-state index < -0.39 is 5.82 Å². The molecular weight excluding hydrogens is 273 g/mol. The molecule has 0 spiro atoms. The van der Waals surface area contributed by atoms with Crippen molar-refractivity contribution < 1.29 is 14.0 Å². The Bertz CT molecular complexity index is 548. The van der Waals surface area contributed by atoms with Crippen LogP contribution in [0, 0.1) is 11.7 Å². The number of benzene rings is 1. The highest BCUT2D eigenvalue weighted by atomic mass is 19.1. The van der Waals surface area contributed by atoms with Crippen molar-refractivity contribution in [2.24, 2.45) is 5.92 Å². The average Bonchev–Trinajstić information content (AvgIpc) is 2.71. The summed E-state index contributed by atoms with van der Waals surface area (Å²) >= 11 is 0. The largest absolute Gasteiger partial charge is 0.397 e. The molecule has 1 saturated heterocycles. The van der Waals surface area contributed by atoms with Gasteiger partial charge in [0.2, 0.25) is 11.8 Å². The lowest BCUT2D eigenvalue weighted by Crippen LogP contribution is -2.27. The molecule has 21 heavy (non-hydrogen) atoms. The van der Waals surface area contributed by atoms with Gasteiger partial charge in [0.1, 0.15) is 5.82 Å². The van der Waals surface area contributed by atoms with Crippen molar-refractivity contribution in [2.75, 3.05) is 24.1 Å². The number of rotatable bonds is 5. The third kappa shape index (κ3) is 4.18. The Morgan fingerprint density at radius 2 is 2.29 bits per heavy atom. The molecule has 1 heterocycles. The van der Waals surface area contributed by atoms with Gasteiger partial charge < -0.3 is 16.0 Å². The first kappa shape index (κ1) is 15.3. The zero-order chi connectivity index (χ0) is 15.4. The summed E-state index contributed by atoms with van der Waals surface area (Å²) in [7, 11) is 0. The van der Waals surface area contributed by atoms with E-state index in [1.165, 1.54) is 18.2 Å². The fraction of sp³-hybridized carbons (Fsp3) is 0.467. The summed E-state index contributed by atoms with van der Waals surface area (Å²) in [5.41, 5.74) is 6.23. The van der Waals surface area contributed by atoms with Crippen molar-refractivity contribution >= 4 is 23.2 Å². The Labute approximate surface area is 123 Å². The van der Waals surface area contributed by atoms with E-state index in [0.29, 0.717) is 37.4 Å². The van der Waals surface area contributed by atoms with E-state index in [1.807, 2.05) is 6.92 Å². The van der Waals surface area contributed by atoms with Gasteiger partial charge in [-0.1, -0.05) is 6.92 Å². The second-order valence-corrected chi connectivity index (χ2v) is 5.53. The van der Waals surface area contributed by atoms with Gasteiger partial charge in [-0.3, -0.25) is 9.59 Å². The maximum atomic E-state index is 12.9. The van der Waals surface area contributed by atoms with Gasteiger partial charge in [0, 0.05) is 25.9 Å². The summed E-state index contributed by atoms with van der Waals surface area (Å²) in [6, 6.07) is 3.85. The highest BCUT2D eigenvalue weighted by Gasteiger charge is 2.25. The number of hydrogen-bond donors (Lipinski definition) is 2. The van der Waals surface area contributed by atoms with E-state index in [0.717, 1.165) is 6.54 Å². The number of carbonyl (C=O) groups excluding carboxylic acids is 2. The van der Waals surface area contributed by atoms with Crippen LogP contribution in [-0.4, -0.2) is 29.8 Å². The van der Waals surface area contributed by atoms with Crippen LogP contribution in [0.15, 0.2) is 18.2 Å². The van der Waals surface area contributed by atoms with Crippen LogP contribution in [0.1, 0.15) is 26.2 Å². The Hall–Kier alpha value is -2.11. The van der Waals surface area contributed by atoms with Crippen LogP contribution >= 0.6 is 0 Å². The van der Waals surface area contributed by atoms with Gasteiger partial charge in [0.15, 0.2) is 0 Å². The molecular formula is C15H20FN3O2. The molecule has 1 aromatic carbocycles. The smallest absolute Gasteiger partial charge is 0.224 e. The highest BCUT2D eigenvalue weighted by Crippen LogP contribution is 2.20. The van der Waals surface area contributed by atoms with E-state index in [-0.39, 0.29) is 17.5 Å². The van der Waals surface area contributed by atoms with Crippen molar-refractivity contribution in [1.29, 1.82) is 0 Å². The zero-order valence-corrected chi connectivity index (χ0v) is 12.1. The number of likely N-dealkylation sites (tertiary alicyclic amines) is 1. The molecule has 1 atom stereocenters. The maximum Gasteiger partial charge on any atom is 0.224 e. The van der Waals surface area contributed by atoms with E-state index >= 15 is 0 Å². The van der Waals surface area contributed by atoms with E-state index in [1.54, 1.807) is 4.90 Å². The molecule has 2 rings (SSSR count).